The Kier molecular flexibility index (Phi) is 4.73. The van der Waals surface area contributed by atoms with Gasteiger partial charge in [0.05, 0.1) is 5.92 Å². The lowest BCUT2D eigenvalue weighted by Crippen LogP contribution is -2.54. The van der Waals surface area contributed by atoms with E-state index in [4.69, 9.17) is 0 Å². The lowest BCUT2D eigenvalue weighted by molar-refractivity contribution is -0.142. The van der Waals surface area contributed by atoms with Crippen molar-refractivity contribution in [2.75, 3.05) is 39.3 Å². The van der Waals surface area contributed by atoms with Gasteiger partial charge in [0, 0.05) is 52.2 Å². The number of nitrogens with zero attached hydrogens (tertiary/aromatic N) is 3. The maximum Gasteiger partial charge on any atom is 0.317 e. The molecule has 0 aromatic rings. The van der Waals surface area contributed by atoms with Crippen molar-refractivity contribution in [1.29, 1.82) is 0 Å². The first-order valence-corrected chi connectivity index (χ1v) is 8.64. The fourth-order valence-electron chi connectivity index (χ4n) is 3.36. The lowest BCUT2D eigenvalue weighted by atomic mass is 9.96. The summed E-state index contributed by atoms with van der Waals surface area (Å²) in [5.74, 6) is 0.104. The van der Waals surface area contributed by atoms with Crippen molar-refractivity contribution in [3.8, 4) is 0 Å². The maximum absolute atomic E-state index is 12.7. The molecule has 7 heteroatoms. The number of hydrogen-bond donors (Lipinski definition) is 1. The van der Waals surface area contributed by atoms with Crippen LogP contribution in [0.15, 0.2) is 0 Å². The quantitative estimate of drug-likeness (QED) is 0.793. The van der Waals surface area contributed by atoms with E-state index in [1.807, 2.05) is 4.90 Å². The standard InChI is InChI=1S/C16H26N4O3/c1-12(21)18-7-9-19(10-8-18)15(22)13-3-2-6-20(11-13)16(23)17-14-4-5-14/h13-14H,2-11H2,1H3,(H,17,23). The van der Waals surface area contributed by atoms with Gasteiger partial charge >= 0.3 is 6.03 Å². The topological polar surface area (TPSA) is 73.0 Å². The van der Waals surface area contributed by atoms with Gasteiger partial charge in [-0.3, -0.25) is 9.59 Å². The first kappa shape index (κ1) is 16.1. The summed E-state index contributed by atoms with van der Waals surface area (Å²) >= 11 is 0. The number of rotatable bonds is 2. The average molecular weight is 322 g/mol. The number of likely N-dealkylation sites (tertiary alicyclic amines) is 1. The van der Waals surface area contributed by atoms with E-state index in [2.05, 4.69) is 5.32 Å². The molecule has 1 N–H and O–H groups in total. The summed E-state index contributed by atoms with van der Waals surface area (Å²) in [6.07, 6.45) is 3.87. The molecule has 23 heavy (non-hydrogen) atoms. The van der Waals surface area contributed by atoms with E-state index in [9.17, 15) is 14.4 Å². The fourth-order valence-corrected chi connectivity index (χ4v) is 3.36. The molecule has 0 aromatic heterocycles. The number of piperazine rings is 1. The zero-order valence-electron chi connectivity index (χ0n) is 13.8. The van der Waals surface area contributed by atoms with Crippen LogP contribution in [-0.4, -0.2) is 77.9 Å². The predicted octanol–water partition coefficient (Wildman–Crippen LogP) is 0.261. The molecule has 1 aliphatic carbocycles. The van der Waals surface area contributed by atoms with Gasteiger partial charge < -0.3 is 20.0 Å². The van der Waals surface area contributed by atoms with Crippen molar-refractivity contribution >= 4 is 17.8 Å². The highest BCUT2D eigenvalue weighted by Crippen LogP contribution is 2.22. The van der Waals surface area contributed by atoms with Crippen LogP contribution < -0.4 is 5.32 Å². The first-order chi connectivity index (χ1) is 11.0. The Bertz CT molecular complexity index is 484. The third-order valence-electron chi connectivity index (χ3n) is 5.00. The zero-order chi connectivity index (χ0) is 16.4. The molecule has 1 saturated carbocycles. The smallest absolute Gasteiger partial charge is 0.317 e. The molecule has 1 atom stereocenters. The van der Waals surface area contributed by atoms with Crippen molar-refractivity contribution in [3.05, 3.63) is 0 Å². The van der Waals surface area contributed by atoms with Crippen molar-refractivity contribution in [1.82, 2.24) is 20.0 Å². The Morgan fingerprint density at radius 1 is 0.870 bits per heavy atom. The lowest BCUT2D eigenvalue weighted by Gasteiger charge is -2.38. The largest absolute Gasteiger partial charge is 0.339 e. The highest BCUT2D eigenvalue weighted by molar-refractivity contribution is 5.81. The summed E-state index contributed by atoms with van der Waals surface area (Å²) in [4.78, 5) is 41.6. The van der Waals surface area contributed by atoms with Crippen LogP contribution >= 0.6 is 0 Å². The monoisotopic (exact) mass is 322 g/mol. The number of nitrogens with one attached hydrogen (secondary N) is 1. The van der Waals surface area contributed by atoms with Crippen LogP contribution in [0.5, 0.6) is 0 Å². The highest BCUT2D eigenvalue weighted by Gasteiger charge is 2.34. The second kappa shape index (κ2) is 6.76. The SMILES string of the molecule is CC(=O)N1CCN(C(=O)C2CCCN(C(=O)NC3CC3)C2)CC1. The minimum Gasteiger partial charge on any atom is -0.339 e. The van der Waals surface area contributed by atoms with E-state index < -0.39 is 0 Å². The van der Waals surface area contributed by atoms with E-state index in [-0.39, 0.29) is 23.8 Å². The predicted molar refractivity (Wildman–Crippen MR) is 84.7 cm³/mol. The van der Waals surface area contributed by atoms with Crippen molar-refractivity contribution in [2.45, 2.75) is 38.6 Å². The molecule has 3 fully saturated rings. The second-order valence-corrected chi connectivity index (χ2v) is 6.84. The van der Waals surface area contributed by atoms with Gasteiger partial charge in [0.25, 0.3) is 0 Å². The normalized spacial score (nSPS) is 25.3. The fraction of sp³-hybridized carbons (Fsp3) is 0.812. The molecule has 0 radical (unpaired) electrons. The molecule has 3 rings (SSSR count). The summed E-state index contributed by atoms with van der Waals surface area (Å²) in [7, 11) is 0. The minimum absolute atomic E-state index is 0.0219. The summed E-state index contributed by atoms with van der Waals surface area (Å²) < 4.78 is 0. The van der Waals surface area contributed by atoms with Crippen molar-refractivity contribution in [2.24, 2.45) is 5.92 Å². The molecular weight excluding hydrogens is 296 g/mol. The molecule has 3 aliphatic rings. The van der Waals surface area contributed by atoms with Gasteiger partial charge in [-0.1, -0.05) is 0 Å². The third-order valence-corrected chi connectivity index (χ3v) is 5.00. The molecular formula is C16H26N4O3. The van der Waals surface area contributed by atoms with Crippen molar-refractivity contribution in [3.63, 3.8) is 0 Å². The van der Waals surface area contributed by atoms with Crippen LogP contribution in [0, 0.1) is 5.92 Å². The summed E-state index contributed by atoms with van der Waals surface area (Å²) in [6, 6.07) is 0.324. The van der Waals surface area contributed by atoms with Gasteiger partial charge in [-0.25, -0.2) is 4.79 Å². The maximum atomic E-state index is 12.7. The van der Waals surface area contributed by atoms with Crippen LogP contribution in [0.25, 0.3) is 0 Å². The summed E-state index contributed by atoms with van der Waals surface area (Å²) in [6.45, 7) is 5.24. The minimum atomic E-state index is -0.0995. The van der Waals surface area contributed by atoms with Gasteiger partial charge in [-0.05, 0) is 25.7 Å². The summed E-state index contributed by atoms with van der Waals surface area (Å²) in [5, 5.41) is 3.00. The number of urea groups is 1. The molecule has 1 unspecified atom stereocenters. The average Bonchev–Trinajstić information content (AvgIpc) is 3.38. The Morgan fingerprint density at radius 3 is 2.13 bits per heavy atom. The number of hydrogen-bond acceptors (Lipinski definition) is 3. The Labute approximate surface area is 137 Å². The summed E-state index contributed by atoms with van der Waals surface area (Å²) in [5.41, 5.74) is 0. The van der Waals surface area contributed by atoms with Gasteiger partial charge in [-0.2, -0.15) is 0 Å². The van der Waals surface area contributed by atoms with Crippen LogP contribution in [0.3, 0.4) is 0 Å². The molecule has 2 saturated heterocycles. The van der Waals surface area contributed by atoms with Crippen LogP contribution in [0.4, 0.5) is 4.79 Å². The van der Waals surface area contributed by atoms with Crippen LogP contribution in [-0.2, 0) is 9.59 Å². The molecule has 2 aliphatic heterocycles. The van der Waals surface area contributed by atoms with E-state index >= 15 is 0 Å². The second-order valence-electron chi connectivity index (χ2n) is 6.84. The number of carbonyl (C=O) groups excluding carboxylic acids is 3. The van der Waals surface area contributed by atoms with Gasteiger partial charge in [-0.15, -0.1) is 0 Å². The van der Waals surface area contributed by atoms with Crippen LogP contribution in [0.2, 0.25) is 0 Å². The number of carbonyl (C=O) groups is 3. The molecule has 0 aromatic carbocycles. The molecule has 7 nitrogen and oxygen atoms in total. The third kappa shape index (κ3) is 3.95. The zero-order valence-corrected chi connectivity index (χ0v) is 13.8. The van der Waals surface area contributed by atoms with E-state index in [0.717, 1.165) is 32.2 Å². The van der Waals surface area contributed by atoms with E-state index in [1.54, 1.807) is 16.7 Å². The Hall–Kier alpha value is -1.79. The van der Waals surface area contributed by atoms with Crippen LogP contribution in [0.1, 0.15) is 32.6 Å². The van der Waals surface area contributed by atoms with E-state index in [1.165, 1.54) is 0 Å². The van der Waals surface area contributed by atoms with Gasteiger partial charge in [0.2, 0.25) is 11.8 Å². The molecule has 4 amide bonds. The van der Waals surface area contributed by atoms with Gasteiger partial charge in [0.15, 0.2) is 0 Å². The molecule has 0 bridgehead atoms. The first-order valence-electron chi connectivity index (χ1n) is 8.64. The molecule has 0 spiro atoms. The molecule has 128 valence electrons. The Morgan fingerprint density at radius 2 is 1.52 bits per heavy atom. The van der Waals surface area contributed by atoms with Gasteiger partial charge in [0.1, 0.15) is 0 Å². The number of piperidine rings is 1. The van der Waals surface area contributed by atoms with Crippen molar-refractivity contribution < 1.29 is 14.4 Å². The molecule has 2 heterocycles. The highest BCUT2D eigenvalue weighted by atomic mass is 16.2. The Balaban J connectivity index is 1.50. The van der Waals surface area contributed by atoms with E-state index in [0.29, 0.717) is 38.8 Å². The number of amides is 4.